The molecule has 1 aromatic rings. The number of ether oxygens (including phenoxy) is 1. The molecule has 3 rings (SSSR count). The number of nitrogens with two attached hydrogens (primary N) is 1. The first kappa shape index (κ1) is 13.7. The molecule has 2 aliphatic rings. The lowest BCUT2D eigenvalue weighted by Crippen LogP contribution is -2.41. The van der Waals surface area contributed by atoms with Gasteiger partial charge in [0, 0.05) is 30.4 Å². The molecular formula is C17H26N2O. The van der Waals surface area contributed by atoms with E-state index in [-0.39, 0.29) is 0 Å². The molecule has 1 aliphatic carbocycles. The van der Waals surface area contributed by atoms with Crippen LogP contribution in [0.4, 0.5) is 5.69 Å². The average molecular weight is 274 g/mol. The summed E-state index contributed by atoms with van der Waals surface area (Å²) in [7, 11) is 1.73. The number of hydrogen-bond donors (Lipinski definition) is 1. The number of rotatable bonds is 3. The lowest BCUT2D eigenvalue weighted by Gasteiger charge is -2.41. The predicted molar refractivity (Wildman–Crippen MR) is 82.7 cm³/mol. The highest BCUT2D eigenvalue weighted by molar-refractivity contribution is 5.48. The molecule has 1 aliphatic heterocycles. The van der Waals surface area contributed by atoms with Gasteiger partial charge in [-0.1, -0.05) is 25.3 Å². The van der Waals surface area contributed by atoms with Crippen molar-refractivity contribution in [3.63, 3.8) is 0 Å². The van der Waals surface area contributed by atoms with Crippen molar-refractivity contribution in [3.05, 3.63) is 23.8 Å². The SMILES string of the molecule is COc1cc(N)ccc1CN1CCC2CCCCC2C1. The van der Waals surface area contributed by atoms with Crippen molar-refractivity contribution in [1.82, 2.24) is 4.90 Å². The highest BCUT2D eigenvalue weighted by atomic mass is 16.5. The number of piperidine rings is 1. The zero-order valence-corrected chi connectivity index (χ0v) is 12.5. The van der Waals surface area contributed by atoms with Crippen LogP contribution in [-0.2, 0) is 6.54 Å². The number of nitrogens with zero attached hydrogens (tertiary/aromatic N) is 1. The minimum Gasteiger partial charge on any atom is -0.496 e. The predicted octanol–water partition coefficient (Wildman–Crippen LogP) is 3.29. The maximum absolute atomic E-state index is 5.83. The molecule has 1 aromatic carbocycles. The van der Waals surface area contributed by atoms with Crippen LogP contribution in [0, 0.1) is 11.8 Å². The molecule has 0 amide bonds. The van der Waals surface area contributed by atoms with E-state index < -0.39 is 0 Å². The molecule has 1 saturated heterocycles. The first-order valence-electron chi connectivity index (χ1n) is 7.91. The van der Waals surface area contributed by atoms with Gasteiger partial charge >= 0.3 is 0 Å². The van der Waals surface area contributed by atoms with Crippen LogP contribution in [0.15, 0.2) is 18.2 Å². The Morgan fingerprint density at radius 3 is 2.80 bits per heavy atom. The van der Waals surface area contributed by atoms with E-state index in [0.717, 1.165) is 29.8 Å². The minimum atomic E-state index is 0.775. The monoisotopic (exact) mass is 274 g/mol. The first-order chi connectivity index (χ1) is 9.76. The highest BCUT2D eigenvalue weighted by Gasteiger charge is 2.31. The van der Waals surface area contributed by atoms with Gasteiger partial charge < -0.3 is 10.5 Å². The van der Waals surface area contributed by atoms with E-state index in [9.17, 15) is 0 Å². The zero-order chi connectivity index (χ0) is 13.9. The Hall–Kier alpha value is -1.22. The fourth-order valence-electron chi connectivity index (χ4n) is 3.95. The van der Waals surface area contributed by atoms with E-state index in [1.807, 2.05) is 12.1 Å². The molecule has 20 heavy (non-hydrogen) atoms. The topological polar surface area (TPSA) is 38.5 Å². The number of methoxy groups -OCH3 is 1. The van der Waals surface area contributed by atoms with Gasteiger partial charge in [-0.3, -0.25) is 4.90 Å². The number of anilines is 1. The van der Waals surface area contributed by atoms with Gasteiger partial charge in [0.1, 0.15) is 5.75 Å². The van der Waals surface area contributed by atoms with Crippen molar-refractivity contribution in [2.45, 2.75) is 38.6 Å². The third-order valence-corrected chi connectivity index (χ3v) is 5.08. The number of fused-ring (bicyclic) bond motifs is 1. The van der Waals surface area contributed by atoms with Crippen molar-refractivity contribution in [3.8, 4) is 5.75 Å². The summed E-state index contributed by atoms with van der Waals surface area (Å²) >= 11 is 0. The van der Waals surface area contributed by atoms with Gasteiger partial charge in [-0.2, -0.15) is 0 Å². The maximum atomic E-state index is 5.83. The van der Waals surface area contributed by atoms with E-state index >= 15 is 0 Å². The molecule has 110 valence electrons. The molecule has 3 nitrogen and oxygen atoms in total. The van der Waals surface area contributed by atoms with Crippen LogP contribution in [0.5, 0.6) is 5.75 Å². The van der Waals surface area contributed by atoms with Crippen LogP contribution in [-0.4, -0.2) is 25.1 Å². The van der Waals surface area contributed by atoms with Crippen LogP contribution in [0.3, 0.4) is 0 Å². The normalized spacial score (nSPS) is 27.1. The summed E-state index contributed by atoms with van der Waals surface area (Å²) < 4.78 is 5.47. The molecule has 2 fully saturated rings. The van der Waals surface area contributed by atoms with Crippen molar-refractivity contribution in [2.75, 3.05) is 25.9 Å². The quantitative estimate of drug-likeness (QED) is 0.860. The van der Waals surface area contributed by atoms with Crippen LogP contribution in [0.1, 0.15) is 37.7 Å². The Balaban J connectivity index is 1.66. The molecular weight excluding hydrogens is 248 g/mol. The Labute approximate surface area is 122 Å². The van der Waals surface area contributed by atoms with Crippen LogP contribution in [0.25, 0.3) is 0 Å². The van der Waals surface area contributed by atoms with Gasteiger partial charge in [0.15, 0.2) is 0 Å². The summed E-state index contributed by atoms with van der Waals surface area (Å²) in [6, 6.07) is 6.02. The molecule has 2 atom stereocenters. The van der Waals surface area contributed by atoms with Crippen molar-refractivity contribution in [1.29, 1.82) is 0 Å². The lowest BCUT2D eigenvalue weighted by atomic mass is 9.75. The molecule has 0 aromatic heterocycles. The number of likely N-dealkylation sites (tertiary alicyclic amines) is 1. The second-order valence-electron chi connectivity index (χ2n) is 6.40. The van der Waals surface area contributed by atoms with E-state index in [4.69, 9.17) is 10.5 Å². The van der Waals surface area contributed by atoms with E-state index in [0.29, 0.717) is 0 Å². The largest absolute Gasteiger partial charge is 0.496 e. The summed E-state index contributed by atoms with van der Waals surface area (Å²) in [6.45, 7) is 3.49. The minimum absolute atomic E-state index is 0.775. The average Bonchev–Trinajstić information content (AvgIpc) is 2.49. The van der Waals surface area contributed by atoms with Gasteiger partial charge in [-0.15, -0.1) is 0 Å². The van der Waals surface area contributed by atoms with E-state index in [2.05, 4.69) is 11.0 Å². The lowest BCUT2D eigenvalue weighted by molar-refractivity contribution is 0.0815. The Morgan fingerprint density at radius 1 is 1.20 bits per heavy atom. The van der Waals surface area contributed by atoms with Gasteiger partial charge in [0.05, 0.1) is 7.11 Å². The zero-order valence-electron chi connectivity index (χ0n) is 12.5. The maximum Gasteiger partial charge on any atom is 0.125 e. The summed E-state index contributed by atoms with van der Waals surface area (Å²) in [5.41, 5.74) is 7.86. The van der Waals surface area contributed by atoms with E-state index in [1.165, 1.54) is 50.8 Å². The van der Waals surface area contributed by atoms with Crippen molar-refractivity contribution < 1.29 is 4.74 Å². The van der Waals surface area contributed by atoms with Gasteiger partial charge in [-0.05, 0) is 37.3 Å². The van der Waals surface area contributed by atoms with Gasteiger partial charge in [0.2, 0.25) is 0 Å². The number of nitrogen functional groups attached to an aromatic ring is 1. The van der Waals surface area contributed by atoms with Gasteiger partial charge in [-0.25, -0.2) is 0 Å². The van der Waals surface area contributed by atoms with Crippen molar-refractivity contribution >= 4 is 5.69 Å². The fraction of sp³-hybridized carbons (Fsp3) is 0.647. The summed E-state index contributed by atoms with van der Waals surface area (Å²) in [5, 5.41) is 0. The van der Waals surface area contributed by atoms with Gasteiger partial charge in [0.25, 0.3) is 0 Å². The highest BCUT2D eigenvalue weighted by Crippen LogP contribution is 2.36. The second-order valence-corrected chi connectivity index (χ2v) is 6.40. The summed E-state index contributed by atoms with van der Waals surface area (Å²) in [5.74, 6) is 2.85. The molecule has 0 spiro atoms. The molecule has 1 heterocycles. The van der Waals surface area contributed by atoms with Crippen LogP contribution in [0.2, 0.25) is 0 Å². The Morgan fingerprint density at radius 2 is 2.00 bits per heavy atom. The molecule has 0 bridgehead atoms. The molecule has 0 radical (unpaired) electrons. The van der Waals surface area contributed by atoms with Crippen LogP contribution >= 0.6 is 0 Å². The van der Waals surface area contributed by atoms with Crippen LogP contribution < -0.4 is 10.5 Å². The fourth-order valence-corrected chi connectivity index (χ4v) is 3.95. The molecule has 1 saturated carbocycles. The standard InChI is InChI=1S/C17H26N2O/c1-20-17-10-16(18)7-6-15(17)12-19-9-8-13-4-2-3-5-14(13)11-19/h6-7,10,13-14H,2-5,8-9,11-12,18H2,1H3. The summed E-state index contributed by atoms with van der Waals surface area (Å²) in [6.07, 6.45) is 7.15. The van der Waals surface area contributed by atoms with E-state index in [1.54, 1.807) is 7.11 Å². The molecule has 3 heteroatoms. The Kier molecular flexibility index (Phi) is 4.16. The molecule has 2 N–H and O–H groups in total. The smallest absolute Gasteiger partial charge is 0.125 e. The first-order valence-corrected chi connectivity index (χ1v) is 7.91. The third kappa shape index (κ3) is 2.93. The number of hydrogen-bond acceptors (Lipinski definition) is 3. The Bertz CT molecular complexity index is 460. The summed E-state index contributed by atoms with van der Waals surface area (Å²) in [4.78, 5) is 2.60. The molecule has 2 unspecified atom stereocenters. The number of benzene rings is 1. The third-order valence-electron chi connectivity index (χ3n) is 5.08. The second kappa shape index (κ2) is 6.04. The van der Waals surface area contributed by atoms with Crippen molar-refractivity contribution in [2.24, 2.45) is 11.8 Å².